The zero-order chi connectivity index (χ0) is 15.1. The van der Waals surface area contributed by atoms with E-state index in [1.807, 2.05) is 0 Å². The van der Waals surface area contributed by atoms with E-state index in [2.05, 4.69) is 17.1 Å². The Morgan fingerprint density at radius 3 is 3.05 bits per heavy atom. The third kappa shape index (κ3) is 5.01. The summed E-state index contributed by atoms with van der Waals surface area (Å²) in [4.78, 5) is 14.6. The van der Waals surface area contributed by atoms with Gasteiger partial charge in [-0.3, -0.25) is 4.79 Å². The number of benzene rings is 1. The van der Waals surface area contributed by atoms with Gasteiger partial charge in [0.15, 0.2) is 0 Å². The molecule has 4 heteroatoms. The fraction of sp³-hybridized carbons (Fsp3) is 0.588. The molecule has 1 N–H and O–H groups in total. The first-order valence-electron chi connectivity index (χ1n) is 7.98. The number of hydrogen-bond donors (Lipinski definition) is 1. The van der Waals surface area contributed by atoms with Crippen molar-refractivity contribution in [2.24, 2.45) is 0 Å². The van der Waals surface area contributed by atoms with Gasteiger partial charge in [-0.05, 0) is 50.4 Å². The first kappa shape index (κ1) is 16.3. The van der Waals surface area contributed by atoms with Gasteiger partial charge in [0.1, 0.15) is 0 Å². The standard InChI is InChI=1S/C17H25ClN2O/c1-2-16-9-3-4-11-20(16)12-6-10-19-17(21)14-7-5-8-15(18)13-14/h5,7-8,13,16H,2-4,6,9-12H2,1H3,(H,19,21). The van der Waals surface area contributed by atoms with Gasteiger partial charge in [0.25, 0.3) is 5.91 Å². The molecule has 3 nitrogen and oxygen atoms in total. The number of nitrogens with zero attached hydrogens (tertiary/aromatic N) is 1. The largest absolute Gasteiger partial charge is 0.352 e. The first-order chi connectivity index (χ1) is 10.2. The van der Waals surface area contributed by atoms with Crippen LogP contribution >= 0.6 is 11.6 Å². The van der Waals surface area contributed by atoms with Gasteiger partial charge in [-0.2, -0.15) is 0 Å². The van der Waals surface area contributed by atoms with Crippen LogP contribution in [0.15, 0.2) is 24.3 Å². The molecule has 1 heterocycles. The number of piperidine rings is 1. The fourth-order valence-corrected chi connectivity index (χ4v) is 3.22. The number of nitrogens with one attached hydrogen (secondary N) is 1. The summed E-state index contributed by atoms with van der Waals surface area (Å²) in [5, 5.41) is 3.57. The molecule has 1 aliphatic rings. The average molecular weight is 309 g/mol. The molecule has 0 aromatic heterocycles. The number of hydrogen-bond acceptors (Lipinski definition) is 2. The molecule has 1 aliphatic heterocycles. The summed E-state index contributed by atoms with van der Waals surface area (Å²) in [5.41, 5.74) is 0.631. The van der Waals surface area contributed by atoms with Crippen molar-refractivity contribution < 1.29 is 4.79 Å². The van der Waals surface area contributed by atoms with Crippen LogP contribution in [0.2, 0.25) is 5.02 Å². The van der Waals surface area contributed by atoms with Crippen molar-refractivity contribution >= 4 is 17.5 Å². The van der Waals surface area contributed by atoms with E-state index in [9.17, 15) is 4.79 Å². The van der Waals surface area contributed by atoms with E-state index in [1.54, 1.807) is 24.3 Å². The van der Waals surface area contributed by atoms with Gasteiger partial charge in [0.05, 0.1) is 0 Å². The maximum atomic E-state index is 12.0. The Hall–Kier alpha value is -1.06. The SMILES string of the molecule is CCC1CCCCN1CCCNC(=O)c1cccc(Cl)c1. The normalized spacial score (nSPS) is 19.4. The lowest BCUT2D eigenvalue weighted by atomic mass is 10.00. The van der Waals surface area contributed by atoms with Crippen molar-refractivity contribution in [1.29, 1.82) is 0 Å². The Kier molecular flexibility index (Phi) is 6.52. The highest BCUT2D eigenvalue weighted by Crippen LogP contribution is 2.19. The van der Waals surface area contributed by atoms with Gasteiger partial charge in [0.2, 0.25) is 0 Å². The molecule has 1 aromatic carbocycles. The Labute approximate surface area is 132 Å². The minimum absolute atomic E-state index is 0.0387. The van der Waals surface area contributed by atoms with Crippen molar-refractivity contribution in [2.75, 3.05) is 19.6 Å². The maximum absolute atomic E-state index is 12.0. The third-order valence-electron chi connectivity index (χ3n) is 4.21. The van der Waals surface area contributed by atoms with Crippen molar-refractivity contribution in [2.45, 2.75) is 45.1 Å². The highest BCUT2D eigenvalue weighted by atomic mass is 35.5. The Balaban J connectivity index is 1.70. The summed E-state index contributed by atoms with van der Waals surface area (Å²) >= 11 is 5.90. The van der Waals surface area contributed by atoms with Gasteiger partial charge in [-0.1, -0.05) is 31.0 Å². The highest BCUT2D eigenvalue weighted by Gasteiger charge is 2.19. The Bertz CT molecular complexity index is 464. The molecule has 1 amide bonds. The molecular formula is C17H25ClN2O. The van der Waals surface area contributed by atoms with E-state index in [-0.39, 0.29) is 5.91 Å². The zero-order valence-electron chi connectivity index (χ0n) is 12.8. The number of amides is 1. The van der Waals surface area contributed by atoms with Crippen molar-refractivity contribution in [3.63, 3.8) is 0 Å². The zero-order valence-corrected chi connectivity index (χ0v) is 13.5. The summed E-state index contributed by atoms with van der Waals surface area (Å²) in [6.45, 7) is 5.28. The van der Waals surface area contributed by atoms with Gasteiger partial charge in [0, 0.05) is 29.7 Å². The maximum Gasteiger partial charge on any atom is 0.251 e. The summed E-state index contributed by atoms with van der Waals surface area (Å²) in [6, 6.07) is 7.81. The topological polar surface area (TPSA) is 32.3 Å². The number of likely N-dealkylation sites (tertiary alicyclic amines) is 1. The molecule has 21 heavy (non-hydrogen) atoms. The van der Waals surface area contributed by atoms with Gasteiger partial charge in [-0.15, -0.1) is 0 Å². The number of halogens is 1. The lowest BCUT2D eigenvalue weighted by Gasteiger charge is -2.35. The Morgan fingerprint density at radius 1 is 1.43 bits per heavy atom. The van der Waals surface area contributed by atoms with E-state index < -0.39 is 0 Å². The van der Waals surface area contributed by atoms with E-state index >= 15 is 0 Å². The van der Waals surface area contributed by atoms with Crippen LogP contribution in [0.25, 0.3) is 0 Å². The average Bonchev–Trinajstić information content (AvgIpc) is 2.51. The molecule has 0 bridgehead atoms. The number of carbonyl (C=O) groups excluding carboxylic acids is 1. The predicted octanol–water partition coefficient (Wildman–Crippen LogP) is 3.72. The molecular weight excluding hydrogens is 284 g/mol. The van der Waals surface area contributed by atoms with E-state index in [4.69, 9.17) is 11.6 Å². The lowest BCUT2D eigenvalue weighted by Crippen LogP contribution is -2.40. The summed E-state index contributed by atoms with van der Waals surface area (Å²) in [5.74, 6) is -0.0387. The van der Waals surface area contributed by atoms with Gasteiger partial charge >= 0.3 is 0 Å². The molecule has 0 radical (unpaired) electrons. The van der Waals surface area contributed by atoms with E-state index in [0.29, 0.717) is 10.6 Å². The lowest BCUT2D eigenvalue weighted by molar-refractivity contribution is 0.0947. The molecule has 1 atom stereocenters. The summed E-state index contributed by atoms with van der Waals surface area (Å²) in [6.07, 6.45) is 6.23. The van der Waals surface area contributed by atoms with Crippen molar-refractivity contribution in [3.8, 4) is 0 Å². The molecule has 2 rings (SSSR count). The van der Waals surface area contributed by atoms with E-state index in [0.717, 1.165) is 25.6 Å². The van der Waals surface area contributed by atoms with Crippen LogP contribution in [0.5, 0.6) is 0 Å². The summed E-state index contributed by atoms with van der Waals surface area (Å²) < 4.78 is 0. The van der Waals surface area contributed by atoms with Gasteiger partial charge < -0.3 is 10.2 Å². The number of rotatable bonds is 6. The van der Waals surface area contributed by atoms with Crippen LogP contribution in [0.1, 0.15) is 49.4 Å². The van der Waals surface area contributed by atoms with E-state index in [1.165, 1.54) is 32.2 Å². The van der Waals surface area contributed by atoms with Crippen LogP contribution in [-0.4, -0.2) is 36.5 Å². The second-order valence-electron chi connectivity index (χ2n) is 5.71. The third-order valence-corrected chi connectivity index (χ3v) is 4.45. The molecule has 0 aliphatic carbocycles. The molecule has 0 saturated carbocycles. The minimum atomic E-state index is -0.0387. The monoisotopic (exact) mass is 308 g/mol. The van der Waals surface area contributed by atoms with Crippen LogP contribution in [0.3, 0.4) is 0 Å². The molecule has 0 spiro atoms. The van der Waals surface area contributed by atoms with Crippen LogP contribution in [-0.2, 0) is 0 Å². The summed E-state index contributed by atoms with van der Waals surface area (Å²) in [7, 11) is 0. The highest BCUT2D eigenvalue weighted by molar-refractivity contribution is 6.30. The smallest absolute Gasteiger partial charge is 0.251 e. The second kappa shape index (κ2) is 8.40. The van der Waals surface area contributed by atoms with Crippen LogP contribution in [0, 0.1) is 0 Å². The number of carbonyl (C=O) groups is 1. The Morgan fingerprint density at radius 2 is 2.29 bits per heavy atom. The van der Waals surface area contributed by atoms with Crippen LogP contribution < -0.4 is 5.32 Å². The molecule has 1 saturated heterocycles. The first-order valence-corrected chi connectivity index (χ1v) is 8.36. The van der Waals surface area contributed by atoms with Gasteiger partial charge in [-0.25, -0.2) is 0 Å². The predicted molar refractivity (Wildman–Crippen MR) is 87.9 cm³/mol. The van der Waals surface area contributed by atoms with Crippen molar-refractivity contribution in [1.82, 2.24) is 10.2 Å². The molecule has 1 fully saturated rings. The molecule has 1 aromatic rings. The van der Waals surface area contributed by atoms with Crippen molar-refractivity contribution in [3.05, 3.63) is 34.9 Å². The molecule has 1 unspecified atom stereocenters. The van der Waals surface area contributed by atoms with Crippen LogP contribution in [0.4, 0.5) is 0 Å². The second-order valence-corrected chi connectivity index (χ2v) is 6.15. The fourth-order valence-electron chi connectivity index (χ4n) is 3.03. The minimum Gasteiger partial charge on any atom is -0.352 e. The quantitative estimate of drug-likeness (QED) is 0.812. The molecule has 116 valence electrons.